The number of anilines is 6. The topological polar surface area (TPSA) is 211 Å². The van der Waals surface area contributed by atoms with E-state index in [-0.39, 0.29) is 21.3 Å². The number of benzene rings is 6. The Morgan fingerprint density at radius 1 is 0.485 bits per heavy atom. The molecule has 8 aromatic rings. The number of methoxy groups -OCH3 is 2. The average molecular weight is 957 g/mol. The third kappa shape index (κ3) is 11.2. The van der Waals surface area contributed by atoms with E-state index >= 15 is 0 Å². The van der Waals surface area contributed by atoms with Crippen molar-refractivity contribution >= 4 is 76.9 Å². The molecule has 2 heterocycles. The largest absolute Gasteiger partial charge is 0.493 e. The molecule has 18 heteroatoms. The van der Waals surface area contributed by atoms with Gasteiger partial charge in [0.25, 0.3) is 0 Å². The highest BCUT2D eigenvalue weighted by atomic mass is 32.2. The number of fused-ring (bicyclic) bond motifs is 2. The Hall–Kier alpha value is -7.44. The molecule has 0 amide bonds. The average Bonchev–Trinajstić information content (AvgIpc) is 4.19. The van der Waals surface area contributed by atoms with Gasteiger partial charge in [-0.1, -0.05) is 43.9 Å². The number of para-hydroxylation sites is 1. The Kier molecular flexibility index (Phi) is 13.6. The summed E-state index contributed by atoms with van der Waals surface area (Å²) in [7, 11) is -4.78. The van der Waals surface area contributed by atoms with Gasteiger partial charge >= 0.3 is 20.2 Å². The lowest BCUT2D eigenvalue weighted by molar-refractivity contribution is 0.355. The van der Waals surface area contributed by atoms with Crippen LogP contribution in [0.2, 0.25) is 0 Å². The van der Waals surface area contributed by atoms with E-state index < -0.39 is 20.2 Å². The standard InChI is InChI=1S/C26H28N4O5S.C24H24N4O3S/c1-33-24-14-9-19(15-25(24)34-2)28-26-29-22-13-10-20(16-23(22)30-26)35-36(31,32)21-11-7-18(8-12-21)27-17-5-3-4-6-17;29-32(30,21-13-10-19(11-14-21)25-17-8-4-5-9-17)31-20-12-15-22-23(16-20)28-24(27-22)26-18-6-2-1-3-7-18/h7-17,27H,3-6H2,1-2H3,(H2,28,29,30);1-3,6-7,10-17,25H,4-5,8-9H2,(H2,26,27,28). The second-order valence-corrected chi connectivity index (χ2v) is 19.7. The van der Waals surface area contributed by atoms with Crippen molar-refractivity contribution in [2.45, 2.75) is 73.2 Å². The summed E-state index contributed by atoms with van der Waals surface area (Å²) in [5.41, 5.74) is 6.14. The number of imidazole rings is 2. The first-order chi connectivity index (χ1) is 33.0. The van der Waals surface area contributed by atoms with Crippen molar-refractivity contribution in [2.75, 3.05) is 35.5 Å². The van der Waals surface area contributed by atoms with Crippen molar-refractivity contribution in [1.82, 2.24) is 19.9 Å². The van der Waals surface area contributed by atoms with Crippen LogP contribution in [0.5, 0.6) is 23.0 Å². The van der Waals surface area contributed by atoms with Crippen LogP contribution in [0, 0.1) is 0 Å². The highest BCUT2D eigenvalue weighted by Gasteiger charge is 2.21. The van der Waals surface area contributed by atoms with Gasteiger partial charge in [-0.15, -0.1) is 0 Å². The number of aromatic nitrogens is 4. The highest BCUT2D eigenvalue weighted by Crippen LogP contribution is 2.33. The summed E-state index contributed by atoms with van der Waals surface area (Å²) in [6, 6.07) is 39.2. The molecule has 68 heavy (non-hydrogen) atoms. The third-order valence-electron chi connectivity index (χ3n) is 11.7. The maximum absolute atomic E-state index is 12.8. The van der Waals surface area contributed by atoms with Crippen LogP contribution in [0.25, 0.3) is 22.1 Å². The summed E-state index contributed by atoms with van der Waals surface area (Å²) in [4.78, 5) is 15.5. The lowest BCUT2D eigenvalue weighted by Gasteiger charge is -2.14. The lowest BCUT2D eigenvalue weighted by Crippen LogP contribution is -2.14. The molecule has 6 N–H and O–H groups in total. The van der Waals surface area contributed by atoms with Crippen LogP contribution in [0.15, 0.2) is 143 Å². The Bertz CT molecular complexity index is 3210. The van der Waals surface area contributed by atoms with Crippen molar-refractivity contribution < 1.29 is 34.7 Å². The predicted molar refractivity (Wildman–Crippen MR) is 265 cm³/mol. The molecule has 6 aromatic carbocycles. The van der Waals surface area contributed by atoms with Gasteiger partial charge in [-0.2, -0.15) is 16.8 Å². The van der Waals surface area contributed by atoms with Gasteiger partial charge in [-0.05, 0) is 123 Å². The van der Waals surface area contributed by atoms with Crippen LogP contribution in [-0.4, -0.2) is 63.1 Å². The fraction of sp³-hybridized carbons (Fsp3) is 0.240. The molecule has 16 nitrogen and oxygen atoms in total. The van der Waals surface area contributed by atoms with Gasteiger partial charge in [0.05, 0.1) is 36.3 Å². The summed E-state index contributed by atoms with van der Waals surface area (Å²) < 4.78 is 72.6. The number of nitrogens with one attached hydrogen (secondary N) is 6. The van der Waals surface area contributed by atoms with E-state index in [0.29, 0.717) is 57.5 Å². The monoisotopic (exact) mass is 956 g/mol. The van der Waals surface area contributed by atoms with Crippen LogP contribution < -0.4 is 39.1 Å². The van der Waals surface area contributed by atoms with Gasteiger partial charge in [0.2, 0.25) is 11.9 Å². The molecule has 2 aliphatic rings. The number of H-pyrrole nitrogens is 2. The molecule has 10 rings (SSSR count). The summed E-state index contributed by atoms with van der Waals surface area (Å²) >= 11 is 0. The second-order valence-electron chi connectivity index (χ2n) is 16.6. The fourth-order valence-electron chi connectivity index (χ4n) is 8.31. The predicted octanol–water partition coefficient (Wildman–Crippen LogP) is 10.9. The summed E-state index contributed by atoms with van der Waals surface area (Å²) in [5.74, 6) is 2.67. The van der Waals surface area contributed by atoms with Gasteiger partial charge in [-0.3, -0.25) is 0 Å². The van der Waals surface area contributed by atoms with E-state index in [1.165, 1.54) is 25.7 Å². The molecule has 2 fully saturated rings. The molecule has 0 radical (unpaired) electrons. The third-order valence-corrected chi connectivity index (χ3v) is 14.3. The molecule has 2 aliphatic carbocycles. The van der Waals surface area contributed by atoms with E-state index in [0.717, 1.165) is 48.4 Å². The van der Waals surface area contributed by atoms with Gasteiger partial charge in [-0.25, -0.2) is 9.97 Å². The lowest BCUT2D eigenvalue weighted by atomic mass is 10.2. The number of aromatic amines is 2. The zero-order chi connectivity index (χ0) is 47.1. The van der Waals surface area contributed by atoms with Crippen LogP contribution in [0.3, 0.4) is 0 Å². The normalized spacial score (nSPS) is 14.3. The number of rotatable bonds is 16. The van der Waals surface area contributed by atoms with Crippen LogP contribution in [-0.2, 0) is 20.2 Å². The zero-order valence-corrected chi connectivity index (χ0v) is 39.1. The highest BCUT2D eigenvalue weighted by molar-refractivity contribution is 7.87. The summed E-state index contributed by atoms with van der Waals surface area (Å²) in [6.45, 7) is 0. The summed E-state index contributed by atoms with van der Waals surface area (Å²) in [6.07, 6.45) is 9.53. The minimum absolute atomic E-state index is 0.0972. The number of nitrogens with zero attached hydrogens (tertiary/aromatic N) is 2. The molecule has 2 saturated carbocycles. The van der Waals surface area contributed by atoms with Gasteiger partial charge in [0.1, 0.15) is 21.3 Å². The zero-order valence-electron chi connectivity index (χ0n) is 37.5. The molecule has 0 atom stereocenters. The molecule has 0 unspecified atom stereocenters. The molecule has 0 bridgehead atoms. The smallest absolute Gasteiger partial charge is 0.339 e. The molecule has 0 spiro atoms. The first-order valence-electron chi connectivity index (χ1n) is 22.4. The van der Waals surface area contributed by atoms with Crippen LogP contribution >= 0.6 is 0 Å². The Labute approximate surface area is 395 Å². The van der Waals surface area contributed by atoms with Gasteiger partial charge in [0.15, 0.2) is 11.5 Å². The molecule has 352 valence electrons. The molecular weight excluding hydrogens is 905 g/mol. The van der Waals surface area contributed by atoms with Crippen molar-refractivity contribution in [3.05, 3.63) is 133 Å². The SMILES string of the molecule is COc1ccc(Nc2nc3ccc(OS(=O)(=O)c4ccc(NC5CCCC5)cc4)cc3[nH]2)cc1OC.O=S(=O)(Oc1ccc2nc(Nc3ccccc3)[nH]c2c1)c1ccc(NC2CCCC2)cc1. The van der Waals surface area contributed by atoms with Crippen molar-refractivity contribution in [2.24, 2.45) is 0 Å². The van der Waals surface area contributed by atoms with Gasteiger partial charge < -0.3 is 49.1 Å². The van der Waals surface area contributed by atoms with Crippen molar-refractivity contribution in [3.8, 4) is 23.0 Å². The van der Waals surface area contributed by atoms with E-state index in [1.54, 1.807) is 111 Å². The Morgan fingerprint density at radius 3 is 1.38 bits per heavy atom. The van der Waals surface area contributed by atoms with Gasteiger partial charge in [0, 0.05) is 53.0 Å². The van der Waals surface area contributed by atoms with E-state index in [4.69, 9.17) is 17.8 Å². The second kappa shape index (κ2) is 20.2. The van der Waals surface area contributed by atoms with Crippen molar-refractivity contribution in [3.63, 3.8) is 0 Å². The fourth-order valence-corrected chi connectivity index (χ4v) is 10.2. The number of hydrogen-bond donors (Lipinski definition) is 6. The van der Waals surface area contributed by atoms with Crippen molar-refractivity contribution in [1.29, 1.82) is 0 Å². The Balaban J connectivity index is 0.000000171. The minimum atomic E-state index is -3.99. The maximum atomic E-state index is 12.8. The van der Waals surface area contributed by atoms with E-state index in [2.05, 4.69) is 41.2 Å². The van der Waals surface area contributed by atoms with E-state index in [1.807, 2.05) is 36.4 Å². The number of hydrogen-bond acceptors (Lipinski definition) is 14. The minimum Gasteiger partial charge on any atom is -0.493 e. The van der Waals surface area contributed by atoms with Crippen LogP contribution in [0.1, 0.15) is 51.4 Å². The summed E-state index contributed by atoms with van der Waals surface area (Å²) in [5, 5.41) is 13.3. The molecule has 2 aromatic heterocycles. The quantitative estimate of drug-likeness (QED) is 0.0498. The number of ether oxygens (including phenoxy) is 2. The first kappa shape index (κ1) is 45.7. The first-order valence-corrected chi connectivity index (χ1v) is 25.2. The maximum Gasteiger partial charge on any atom is 0.339 e. The van der Waals surface area contributed by atoms with Crippen LogP contribution in [0.4, 0.5) is 34.6 Å². The van der Waals surface area contributed by atoms with E-state index in [9.17, 15) is 16.8 Å². The molecular formula is C50H52N8O8S2. The molecule has 0 saturated heterocycles. The molecule has 0 aliphatic heterocycles. The Morgan fingerprint density at radius 2 is 0.926 bits per heavy atom.